The van der Waals surface area contributed by atoms with Gasteiger partial charge in [-0.1, -0.05) is 42.5 Å². The number of hydrogen-bond acceptors (Lipinski definition) is 3. The van der Waals surface area contributed by atoms with Crippen LogP contribution < -0.4 is 10.6 Å². The minimum absolute atomic E-state index is 0.0269. The highest BCUT2D eigenvalue weighted by molar-refractivity contribution is 5.97. The molecule has 1 aliphatic rings. The third-order valence-corrected chi connectivity index (χ3v) is 4.87. The van der Waals surface area contributed by atoms with E-state index in [1.165, 1.54) is 4.90 Å². The molecule has 0 saturated carbocycles. The molecule has 1 saturated heterocycles. The fraction of sp³-hybridized carbons (Fsp3) is 0.333. The van der Waals surface area contributed by atoms with E-state index >= 15 is 0 Å². The lowest BCUT2D eigenvalue weighted by Crippen LogP contribution is -2.48. The number of benzene rings is 2. The standard InChI is InChI=1S/C21H23F2N3O2/c22-21(23)10-12-25(13-11-21)20(28)26(18-4-2-1-3-5-18)15-16-6-8-17(9-7-16)19(27)14-24/h1-9H,10-15,24H2. The van der Waals surface area contributed by atoms with Crippen LogP contribution in [0.2, 0.25) is 0 Å². The van der Waals surface area contributed by atoms with Crippen LogP contribution in [-0.4, -0.2) is 42.3 Å². The quantitative estimate of drug-likeness (QED) is 0.796. The highest BCUT2D eigenvalue weighted by Crippen LogP contribution is 2.29. The number of halogens is 2. The monoisotopic (exact) mass is 387 g/mol. The van der Waals surface area contributed by atoms with Gasteiger partial charge < -0.3 is 10.6 Å². The first-order valence-corrected chi connectivity index (χ1v) is 9.21. The molecule has 2 aromatic rings. The highest BCUT2D eigenvalue weighted by atomic mass is 19.3. The lowest BCUT2D eigenvalue weighted by molar-refractivity contribution is -0.0465. The molecule has 2 N–H and O–H groups in total. The molecule has 2 aromatic carbocycles. The zero-order chi connectivity index (χ0) is 20.1. The van der Waals surface area contributed by atoms with Crippen LogP contribution in [0.4, 0.5) is 19.3 Å². The van der Waals surface area contributed by atoms with Crippen LogP contribution >= 0.6 is 0 Å². The third kappa shape index (κ3) is 4.72. The predicted octanol–water partition coefficient (Wildman–Crippen LogP) is 3.69. The number of urea groups is 1. The van der Waals surface area contributed by atoms with Crippen LogP contribution in [0.3, 0.4) is 0 Å². The van der Waals surface area contributed by atoms with Crippen LogP contribution in [0, 0.1) is 0 Å². The minimum atomic E-state index is -2.71. The first-order chi connectivity index (χ1) is 13.4. The Hall–Kier alpha value is -2.80. The topological polar surface area (TPSA) is 66.6 Å². The molecule has 28 heavy (non-hydrogen) atoms. The van der Waals surface area contributed by atoms with Crippen LogP contribution in [-0.2, 0) is 6.54 Å². The number of ketones is 1. The molecular weight excluding hydrogens is 364 g/mol. The first-order valence-electron chi connectivity index (χ1n) is 9.21. The van der Waals surface area contributed by atoms with Crippen LogP contribution in [0.25, 0.3) is 0 Å². The zero-order valence-corrected chi connectivity index (χ0v) is 15.5. The summed E-state index contributed by atoms with van der Waals surface area (Å²) in [4.78, 5) is 27.8. The summed E-state index contributed by atoms with van der Waals surface area (Å²) in [6.45, 7) is 0.263. The lowest BCUT2D eigenvalue weighted by Gasteiger charge is -2.35. The Balaban J connectivity index is 1.80. The Morgan fingerprint density at radius 2 is 1.61 bits per heavy atom. The number of para-hydroxylation sites is 1. The molecule has 0 aliphatic carbocycles. The summed E-state index contributed by atoms with van der Waals surface area (Å²) < 4.78 is 26.9. The van der Waals surface area contributed by atoms with Crippen molar-refractivity contribution in [1.82, 2.24) is 4.90 Å². The van der Waals surface area contributed by atoms with Gasteiger partial charge in [0.05, 0.1) is 13.1 Å². The third-order valence-electron chi connectivity index (χ3n) is 4.87. The maximum Gasteiger partial charge on any atom is 0.324 e. The van der Waals surface area contributed by atoms with Crippen molar-refractivity contribution in [1.29, 1.82) is 0 Å². The van der Waals surface area contributed by atoms with Gasteiger partial charge in [0, 0.05) is 37.2 Å². The molecule has 2 amide bonds. The molecule has 0 radical (unpaired) electrons. The van der Waals surface area contributed by atoms with E-state index in [0.29, 0.717) is 11.3 Å². The second-order valence-corrected chi connectivity index (χ2v) is 6.87. The normalized spacial score (nSPS) is 15.9. The number of anilines is 1. The van der Waals surface area contributed by atoms with Crippen LogP contribution in [0.1, 0.15) is 28.8 Å². The number of alkyl halides is 2. The molecule has 1 heterocycles. The van der Waals surface area contributed by atoms with E-state index in [1.54, 1.807) is 29.2 Å². The van der Waals surface area contributed by atoms with Crippen molar-refractivity contribution in [3.05, 3.63) is 65.7 Å². The molecule has 1 aliphatic heterocycles. The molecule has 3 rings (SSSR count). The van der Waals surface area contributed by atoms with E-state index < -0.39 is 5.92 Å². The number of carbonyl (C=O) groups excluding carboxylic acids is 2. The molecular formula is C21H23F2N3O2. The van der Waals surface area contributed by atoms with Crippen molar-refractivity contribution in [2.45, 2.75) is 25.3 Å². The van der Waals surface area contributed by atoms with E-state index in [2.05, 4.69) is 0 Å². The minimum Gasteiger partial charge on any atom is -0.324 e. The summed E-state index contributed by atoms with van der Waals surface area (Å²) in [6.07, 6.45) is -0.644. The summed E-state index contributed by atoms with van der Waals surface area (Å²) >= 11 is 0. The van der Waals surface area contributed by atoms with Crippen molar-refractivity contribution < 1.29 is 18.4 Å². The van der Waals surface area contributed by atoms with E-state index in [0.717, 1.165) is 5.56 Å². The van der Waals surface area contributed by atoms with Gasteiger partial charge in [0.2, 0.25) is 0 Å². The fourth-order valence-corrected chi connectivity index (χ4v) is 3.17. The van der Waals surface area contributed by atoms with E-state index in [4.69, 9.17) is 5.73 Å². The maximum absolute atomic E-state index is 13.5. The second kappa shape index (κ2) is 8.48. The number of piperidine rings is 1. The molecule has 0 unspecified atom stereocenters. The highest BCUT2D eigenvalue weighted by Gasteiger charge is 2.37. The van der Waals surface area contributed by atoms with Crippen LogP contribution in [0.15, 0.2) is 54.6 Å². The molecule has 0 aromatic heterocycles. The number of rotatable bonds is 5. The van der Waals surface area contributed by atoms with Gasteiger partial charge in [0.1, 0.15) is 0 Å². The second-order valence-electron chi connectivity index (χ2n) is 6.87. The number of hydrogen-bond donors (Lipinski definition) is 1. The average Bonchev–Trinajstić information content (AvgIpc) is 2.72. The summed E-state index contributed by atoms with van der Waals surface area (Å²) in [5, 5.41) is 0. The number of nitrogens with zero attached hydrogens (tertiary/aromatic N) is 2. The molecule has 7 heteroatoms. The van der Waals surface area contributed by atoms with Crippen LogP contribution in [0.5, 0.6) is 0 Å². The van der Waals surface area contributed by atoms with E-state index in [9.17, 15) is 18.4 Å². The van der Waals surface area contributed by atoms with Gasteiger partial charge >= 0.3 is 6.03 Å². The van der Waals surface area contributed by atoms with Gasteiger partial charge in [-0.3, -0.25) is 9.69 Å². The largest absolute Gasteiger partial charge is 0.324 e. The predicted molar refractivity (Wildman–Crippen MR) is 104 cm³/mol. The van der Waals surface area contributed by atoms with Crippen molar-refractivity contribution in [3.8, 4) is 0 Å². The fourth-order valence-electron chi connectivity index (χ4n) is 3.17. The number of amides is 2. The van der Waals surface area contributed by atoms with Crippen molar-refractivity contribution in [2.24, 2.45) is 5.73 Å². The summed E-state index contributed by atoms with van der Waals surface area (Å²) in [5.74, 6) is -2.86. The van der Waals surface area contributed by atoms with Crippen molar-refractivity contribution in [3.63, 3.8) is 0 Å². The number of likely N-dealkylation sites (tertiary alicyclic amines) is 1. The zero-order valence-electron chi connectivity index (χ0n) is 15.5. The van der Waals surface area contributed by atoms with Gasteiger partial charge in [-0.25, -0.2) is 13.6 Å². The van der Waals surface area contributed by atoms with E-state index in [1.807, 2.05) is 30.3 Å². The Labute approximate surface area is 162 Å². The molecule has 148 valence electrons. The Morgan fingerprint density at radius 3 is 2.18 bits per heavy atom. The first kappa shape index (κ1) is 19.9. The molecule has 1 fully saturated rings. The van der Waals surface area contributed by atoms with Crippen molar-refractivity contribution in [2.75, 3.05) is 24.5 Å². The maximum atomic E-state index is 13.5. The van der Waals surface area contributed by atoms with Gasteiger partial charge in [0.25, 0.3) is 5.92 Å². The lowest BCUT2D eigenvalue weighted by atomic mass is 10.1. The van der Waals surface area contributed by atoms with Gasteiger partial charge in [0.15, 0.2) is 5.78 Å². The summed E-state index contributed by atoms with van der Waals surface area (Å²) in [6, 6.07) is 15.7. The van der Waals surface area contributed by atoms with Gasteiger partial charge in [-0.15, -0.1) is 0 Å². The van der Waals surface area contributed by atoms with Crippen molar-refractivity contribution >= 4 is 17.5 Å². The molecule has 0 spiro atoms. The summed E-state index contributed by atoms with van der Waals surface area (Å²) in [7, 11) is 0. The summed E-state index contributed by atoms with van der Waals surface area (Å²) in [5.41, 5.74) is 7.41. The molecule has 0 bridgehead atoms. The smallest absolute Gasteiger partial charge is 0.324 e. The van der Waals surface area contributed by atoms with Gasteiger partial charge in [-0.05, 0) is 17.7 Å². The Kier molecular flexibility index (Phi) is 6.04. The van der Waals surface area contributed by atoms with E-state index in [-0.39, 0.29) is 50.8 Å². The average molecular weight is 387 g/mol. The number of carbonyl (C=O) groups is 2. The molecule has 5 nitrogen and oxygen atoms in total. The Bertz CT molecular complexity index is 815. The number of nitrogens with two attached hydrogens (primary N) is 1. The SMILES string of the molecule is NCC(=O)c1ccc(CN(C(=O)N2CCC(F)(F)CC2)c2ccccc2)cc1. The Morgan fingerprint density at radius 1 is 1.00 bits per heavy atom. The van der Waals surface area contributed by atoms with Gasteiger partial charge in [-0.2, -0.15) is 0 Å². The number of Topliss-reactive ketones (excluding diaryl/α,β-unsaturated/α-hetero) is 1. The molecule has 0 atom stereocenters.